The van der Waals surface area contributed by atoms with E-state index in [0.29, 0.717) is 27.8 Å². The Kier molecular flexibility index (Phi) is 5.00. The number of benzene rings is 2. The highest BCUT2D eigenvalue weighted by atomic mass is 32.2. The van der Waals surface area contributed by atoms with Gasteiger partial charge in [0.2, 0.25) is 5.91 Å². The summed E-state index contributed by atoms with van der Waals surface area (Å²) in [4.78, 5) is 30.9. The summed E-state index contributed by atoms with van der Waals surface area (Å²) in [6, 6.07) is 15.3. The Balaban J connectivity index is 1.63. The fourth-order valence-electron chi connectivity index (χ4n) is 2.77. The SMILES string of the molecule is Cc1cc(NC(=O)C(Sc2nc3ccc([N+](=O)[O-])cc3[nH]2)c2ccccc2)no1. The van der Waals surface area contributed by atoms with Crippen LogP contribution < -0.4 is 5.32 Å². The Morgan fingerprint density at radius 2 is 2.03 bits per heavy atom. The minimum Gasteiger partial charge on any atom is -0.360 e. The molecule has 9 nitrogen and oxygen atoms in total. The van der Waals surface area contributed by atoms with Gasteiger partial charge in [0.05, 0.1) is 16.0 Å². The number of nitrogens with zero attached hydrogens (tertiary/aromatic N) is 3. The lowest BCUT2D eigenvalue weighted by molar-refractivity contribution is -0.384. The lowest BCUT2D eigenvalue weighted by Gasteiger charge is -2.14. The number of fused-ring (bicyclic) bond motifs is 1. The van der Waals surface area contributed by atoms with Crippen LogP contribution in [0.15, 0.2) is 64.3 Å². The number of nitro benzene ring substituents is 1. The number of carbonyl (C=O) groups is 1. The lowest BCUT2D eigenvalue weighted by Crippen LogP contribution is -2.19. The highest BCUT2D eigenvalue weighted by Gasteiger charge is 2.25. The Labute approximate surface area is 168 Å². The standard InChI is InChI=1S/C19H15N5O4S/c1-11-9-16(23-28-11)22-18(25)17(12-5-3-2-4-6-12)29-19-20-14-8-7-13(24(26)27)10-15(14)21-19/h2-10,17H,1H3,(H,20,21)(H,22,23,25). The van der Waals surface area contributed by atoms with Crippen molar-refractivity contribution in [2.24, 2.45) is 0 Å². The highest BCUT2D eigenvalue weighted by molar-refractivity contribution is 8.00. The summed E-state index contributed by atoms with van der Waals surface area (Å²) in [6.45, 7) is 1.74. The van der Waals surface area contributed by atoms with Crippen LogP contribution in [0.25, 0.3) is 11.0 Å². The zero-order chi connectivity index (χ0) is 20.4. The van der Waals surface area contributed by atoms with Gasteiger partial charge in [0, 0.05) is 18.2 Å². The number of aromatic amines is 1. The minimum absolute atomic E-state index is 0.0311. The monoisotopic (exact) mass is 409 g/mol. The number of non-ortho nitro benzene ring substituents is 1. The molecule has 2 N–H and O–H groups in total. The molecule has 10 heteroatoms. The molecule has 4 rings (SSSR count). The molecule has 2 heterocycles. The van der Waals surface area contributed by atoms with Crippen LogP contribution in [0, 0.1) is 17.0 Å². The van der Waals surface area contributed by atoms with E-state index in [1.807, 2.05) is 30.3 Å². The van der Waals surface area contributed by atoms with Crippen molar-refractivity contribution in [2.75, 3.05) is 5.32 Å². The van der Waals surface area contributed by atoms with Crippen molar-refractivity contribution >= 4 is 40.2 Å². The molecule has 2 aromatic heterocycles. The average Bonchev–Trinajstić information content (AvgIpc) is 3.31. The van der Waals surface area contributed by atoms with Crippen molar-refractivity contribution in [3.8, 4) is 0 Å². The van der Waals surface area contributed by atoms with E-state index < -0.39 is 10.2 Å². The second-order valence-electron chi connectivity index (χ2n) is 6.22. The maximum Gasteiger partial charge on any atom is 0.271 e. The summed E-state index contributed by atoms with van der Waals surface area (Å²) in [5.41, 5.74) is 1.86. The number of amides is 1. The molecule has 4 aromatic rings. The molecule has 0 saturated carbocycles. The van der Waals surface area contributed by atoms with E-state index in [9.17, 15) is 14.9 Å². The van der Waals surface area contributed by atoms with E-state index in [-0.39, 0.29) is 11.6 Å². The molecular formula is C19H15N5O4S. The van der Waals surface area contributed by atoms with Crippen LogP contribution in [0.2, 0.25) is 0 Å². The summed E-state index contributed by atoms with van der Waals surface area (Å²) in [6.07, 6.45) is 0. The van der Waals surface area contributed by atoms with E-state index in [0.717, 1.165) is 5.56 Å². The quantitative estimate of drug-likeness (QED) is 0.277. The summed E-state index contributed by atoms with van der Waals surface area (Å²) >= 11 is 1.21. The number of H-pyrrole nitrogens is 1. The third kappa shape index (κ3) is 4.11. The van der Waals surface area contributed by atoms with Gasteiger partial charge in [0.25, 0.3) is 5.69 Å². The summed E-state index contributed by atoms with van der Waals surface area (Å²) in [5.74, 6) is 0.623. The van der Waals surface area contributed by atoms with Gasteiger partial charge in [-0.15, -0.1) is 0 Å². The number of anilines is 1. The zero-order valence-corrected chi connectivity index (χ0v) is 16.0. The Morgan fingerprint density at radius 3 is 2.72 bits per heavy atom. The molecule has 1 amide bonds. The van der Waals surface area contributed by atoms with Gasteiger partial charge in [0.15, 0.2) is 11.0 Å². The molecule has 0 radical (unpaired) electrons. The minimum atomic E-state index is -0.622. The summed E-state index contributed by atoms with van der Waals surface area (Å²) in [5, 5.41) is 17.4. The van der Waals surface area contributed by atoms with E-state index in [1.54, 1.807) is 19.1 Å². The van der Waals surface area contributed by atoms with Crippen LogP contribution in [0.3, 0.4) is 0 Å². The van der Waals surface area contributed by atoms with Crippen molar-refractivity contribution in [1.82, 2.24) is 15.1 Å². The fourth-order valence-corrected chi connectivity index (χ4v) is 3.78. The van der Waals surface area contributed by atoms with Gasteiger partial charge in [-0.3, -0.25) is 14.9 Å². The van der Waals surface area contributed by atoms with Crippen molar-refractivity contribution in [1.29, 1.82) is 0 Å². The van der Waals surface area contributed by atoms with Crippen LogP contribution >= 0.6 is 11.8 Å². The first-order valence-corrected chi connectivity index (χ1v) is 9.47. The Hall–Kier alpha value is -3.66. The number of aromatic nitrogens is 3. The number of imidazole rings is 1. The van der Waals surface area contributed by atoms with E-state index in [2.05, 4.69) is 20.4 Å². The molecule has 0 fully saturated rings. The van der Waals surface area contributed by atoms with Gasteiger partial charge in [-0.1, -0.05) is 47.3 Å². The van der Waals surface area contributed by atoms with Gasteiger partial charge >= 0.3 is 0 Å². The van der Waals surface area contributed by atoms with Gasteiger partial charge < -0.3 is 14.8 Å². The van der Waals surface area contributed by atoms with Crippen molar-refractivity contribution in [3.63, 3.8) is 0 Å². The molecule has 0 spiro atoms. The second kappa shape index (κ2) is 7.76. The maximum absolute atomic E-state index is 12.9. The number of nitrogens with one attached hydrogen (secondary N) is 2. The van der Waals surface area contributed by atoms with Gasteiger partial charge in [-0.25, -0.2) is 4.98 Å². The van der Waals surface area contributed by atoms with Crippen molar-refractivity contribution in [2.45, 2.75) is 17.3 Å². The van der Waals surface area contributed by atoms with Crippen LogP contribution in [0.1, 0.15) is 16.6 Å². The number of nitro groups is 1. The van der Waals surface area contributed by atoms with E-state index >= 15 is 0 Å². The first-order chi connectivity index (χ1) is 14.0. The number of hydrogen-bond acceptors (Lipinski definition) is 7. The van der Waals surface area contributed by atoms with Crippen molar-refractivity contribution in [3.05, 3.63) is 76.0 Å². The van der Waals surface area contributed by atoms with Gasteiger partial charge in [0.1, 0.15) is 11.0 Å². The molecular weight excluding hydrogens is 394 g/mol. The summed E-state index contributed by atoms with van der Waals surface area (Å²) < 4.78 is 4.99. The van der Waals surface area contributed by atoms with E-state index in [1.165, 1.54) is 23.9 Å². The molecule has 1 unspecified atom stereocenters. The second-order valence-corrected chi connectivity index (χ2v) is 7.31. The average molecular weight is 409 g/mol. The number of thioether (sulfide) groups is 1. The predicted molar refractivity (Wildman–Crippen MR) is 108 cm³/mol. The molecule has 1 atom stereocenters. The number of rotatable bonds is 6. The number of carbonyl (C=O) groups excluding carboxylic acids is 1. The maximum atomic E-state index is 12.9. The van der Waals surface area contributed by atoms with Gasteiger partial charge in [-0.2, -0.15) is 0 Å². The molecule has 0 aliphatic heterocycles. The molecule has 29 heavy (non-hydrogen) atoms. The third-order valence-corrected chi connectivity index (χ3v) is 5.24. The first-order valence-electron chi connectivity index (χ1n) is 8.59. The third-order valence-electron chi connectivity index (χ3n) is 4.10. The highest BCUT2D eigenvalue weighted by Crippen LogP contribution is 2.36. The lowest BCUT2D eigenvalue weighted by atomic mass is 10.1. The van der Waals surface area contributed by atoms with Gasteiger partial charge in [-0.05, 0) is 18.6 Å². The molecule has 0 saturated heterocycles. The topological polar surface area (TPSA) is 127 Å². The number of hydrogen-bond donors (Lipinski definition) is 2. The predicted octanol–water partition coefficient (Wildman–Crippen LogP) is 4.24. The normalized spacial score (nSPS) is 12.0. The van der Waals surface area contributed by atoms with Crippen LogP contribution in [0.4, 0.5) is 11.5 Å². The molecule has 146 valence electrons. The summed E-state index contributed by atoms with van der Waals surface area (Å²) in [7, 11) is 0. The van der Waals surface area contributed by atoms with E-state index in [4.69, 9.17) is 4.52 Å². The number of aryl methyl sites for hydroxylation is 1. The Morgan fingerprint density at radius 1 is 1.24 bits per heavy atom. The largest absolute Gasteiger partial charge is 0.360 e. The smallest absolute Gasteiger partial charge is 0.271 e. The molecule has 0 bridgehead atoms. The first kappa shape index (κ1) is 18.7. The molecule has 2 aromatic carbocycles. The van der Waals surface area contributed by atoms with Crippen molar-refractivity contribution < 1.29 is 14.2 Å². The molecule has 0 aliphatic rings. The van der Waals surface area contributed by atoms with Crippen LogP contribution in [-0.4, -0.2) is 26.0 Å². The van der Waals surface area contributed by atoms with Crippen LogP contribution in [-0.2, 0) is 4.79 Å². The zero-order valence-electron chi connectivity index (χ0n) is 15.2. The fraction of sp³-hybridized carbons (Fsp3) is 0.105. The Bertz CT molecular complexity index is 1190. The van der Waals surface area contributed by atoms with Crippen LogP contribution in [0.5, 0.6) is 0 Å². The molecule has 0 aliphatic carbocycles.